The summed E-state index contributed by atoms with van der Waals surface area (Å²) in [6, 6.07) is 11.6. The molecule has 0 atom stereocenters. The van der Waals surface area contributed by atoms with Crippen molar-refractivity contribution >= 4 is 51.2 Å². The van der Waals surface area contributed by atoms with Crippen LogP contribution in [0.15, 0.2) is 47.8 Å². The van der Waals surface area contributed by atoms with Gasteiger partial charge in [0.25, 0.3) is 11.6 Å². The highest BCUT2D eigenvalue weighted by Crippen LogP contribution is 2.37. The van der Waals surface area contributed by atoms with Crippen molar-refractivity contribution in [2.24, 2.45) is 0 Å². The predicted molar refractivity (Wildman–Crippen MR) is 138 cm³/mol. The van der Waals surface area contributed by atoms with Crippen LogP contribution in [0, 0.1) is 24.0 Å². The summed E-state index contributed by atoms with van der Waals surface area (Å²) >= 11 is 6.40. The number of thiophene rings is 1. The fourth-order valence-corrected chi connectivity index (χ4v) is 4.40. The van der Waals surface area contributed by atoms with E-state index in [1.54, 1.807) is 18.4 Å². The molecule has 3 aromatic rings. The van der Waals surface area contributed by atoms with Gasteiger partial charge in [0.2, 0.25) is 0 Å². The molecule has 0 fully saturated rings. The van der Waals surface area contributed by atoms with Gasteiger partial charge in [-0.25, -0.2) is 4.79 Å². The van der Waals surface area contributed by atoms with Gasteiger partial charge in [0.05, 0.1) is 11.5 Å². The number of non-ortho nitro benzene ring substituents is 1. The number of aryl methyl sites for hydroxylation is 2. The topological polar surface area (TPSA) is 120 Å². The predicted octanol–water partition coefficient (Wildman–Crippen LogP) is 5.01. The molecule has 182 valence electrons. The van der Waals surface area contributed by atoms with E-state index in [2.05, 4.69) is 10.6 Å². The molecule has 0 aliphatic rings. The van der Waals surface area contributed by atoms with Crippen LogP contribution in [0.25, 0.3) is 11.1 Å². The summed E-state index contributed by atoms with van der Waals surface area (Å²) in [6.45, 7) is 5.37. The number of esters is 1. The molecule has 2 N–H and O–H groups in total. The Balaban J connectivity index is 1.75. The molecule has 0 unspecified atom stereocenters. The maximum Gasteiger partial charge on any atom is 0.341 e. The van der Waals surface area contributed by atoms with E-state index < -0.39 is 16.8 Å². The lowest BCUT2D eigenvalue weighted by Crippen LogP contribution is -2.37. The second kappa shape index (κ2) is 11.5. The molecule has 1 aromatic heterocycles. The van der Waals surface area contributed by atoms with Gasteiger partial charge in [-0.05, 0) is 55.7 Å². The standard InChI is InChI=1S/C24H23N3O6S2/c1-4-32-23(29)21-18(16-6-5-7-17(11-16)27(30)31)13-35-22(21)26-24(34)25-20(28)12-33-19-10-14(2)8-9-15(19)3/h5-11,13H,4,12H2,1-3H3,(H2,25,26,28,34). The molecule has 0 aliphatic carbocycles. The molecule has 35 heavy (non-hydrogen) atoms. The number of hydrogen-bond acceptors (Lipinski definition) is 8. The van der Waals surface area contributed by atoms with Gasteiger partial charge in [0.1, 0.15) is 16.3 Å². The van der Waals surface area contributed by atoms with Crippen LogP contribution in [-0.2, 0) is 9.53 Å². The van der Waals surface area contributed by atoms with E-state index in [-0.39, 0.29) is 29.6 Å². The average molecular weight is 514 g/mol. The van der Waals surface area contributed by atoms with Gasteiger partial charge < -0.3 is 14.8 Å². The number of hydrogen-bond donors (Lipinski definition) is 2. The maximum absolute atomic E-state index is 12.7. The lowest BCUT2D eigenvalue weighted by atomic mass is 10.0. The van der Waals surface area contributed by atoms with Crippen LogP contribution in [0.2, 0.25) is 0 Å². The van der Waals surface area contributed by atoms with Crippen molar-refractivity contribution in [3.8, 4) is 16.9 Å². The van der Waals surface area contributed by atoms with E-state index in [1.807, 2.05) is 32.0 Å². The van der Waals surface area contributed by atoms with E-state index in [9.17, 15) is 19.7 Å². The van der Waals surface area contributed by atoms with E-state index in [0.717, 1.165) is 22.5 Å². The van der Waals surface area contributed by atoms with E-state index >= 15 is 0 Å². The fourth-order valence-electron chi connectivity index (χ4n) is 3.16. The Morgan fingerprint density at radius 3 is 2.66 bits per heavy atom. The second-order valence-electron chi connectivity index (χ2n) is 7.44. The van der Waals surface area contributed by atoms with Crippen LogP contribution in [0.1, 0.15) is 28.4 Å². The second-order valence-corrected chi connectivity index (χ2v) is 8.73. The first-order chi connectivity index (χ1) is 16.7. The number of carbonyl (C=O) groups is 2. The minimum Gasteiger partial charge on any atom is -0.483 e. The minimum absolute atomic E-state index is 0.0300. The summed E-state index contributed by atoms with van der Waals surface area (Å²) < 4.78 is 10.8. The molecule has 0 saturated carbocycles. The molecule has 0 radical (unpaired) electrons. The number of benzene rings is 2. The molecule has 9 nitrogen and oxygen atoms in total. The van der Waals surface area contributed by atoms with Crippen molar-refractivity contribution in [3.63, 3.8) is 0 Å². The normalized spacial score (nSPS) is 10.4. The molecule has 0 bridgehead atoms. The number of nitrogens with one attached hydrogen (secondary N) is 2. The minimum atomic E-state index is -0.620. The third-order valence-electron chi connectivity index (χ3n) is 4.82. The first-order valence-electron chi connectivity index (χ1n) is 10.5. The number of anilines is 1. The summed E-state index contributed by atoms with van der Waals surface area (Å²) in [5.41, 5.74) is 2.89. The molecule has 1 heterocycles. The van der Waals surface area contributed by atoms with E-state index in [1.165, 1.54) is 18.2 Å². The molecule has 0 spiro atoms. The zero-order chi connectivity index (χ0) is 25.5. The molecule has 3 rings (SSSR count). The third-order valence-corrected chi connectivity index (χ3v) is 5.92. The SMILES string of the molecule is CCOC(=O)c1c(-c2cccc([N+](=O)[O-])c2)csc1NC(=S)NC(=O)COc1cc(C)ccc1C. The van der Waals surface area contributed by atoms with Crippen molar-refractivity contribution in [1.29, 1.82) is 0 Å². The van der Waals surface area contributed by atoms with Crippen LogP contribution in [0.3, 0.4) is 0 Å². The van der Waals surface area contributed by atoms with E-state index in [4.69, 9.17) is 21.7 Å². The monoisotopic (exact) mass is 513 g/mol. The number of nitro benzene ring substituents is 1. The Morgan fingerprint density at radius 2 is 1.94 bits per heavy atom. The zero-order valence-electron chi connectivity index (χ0n) is 19.2. The number of carbonyl (C=O) groups excluding carboxylic acids is 2. The first kappa shape index (κ1) is 25.8. The summed E-state index contributed by atoms with van der Waals surface area (Å²) in [6.07, 6.45) is 0. The van der Waals surface area contributed by atoms with Crippen LogP contribution in [0.4, 0.5) is 10.7 Å². The van der Waals surface area contributed by atoms with Crippen LogP contribution < -0.4 is 15.4 Å². The number of nitro groups is 1. The summed E-state index contributed by atoms with van der Waals surface area (Å²) in [5.74, 6) is -0.495. The van der Waals surface area contributed by atoms with E-state index in [0.29, 0.717) is 21.9 Å². The molecule has 1 amide bonds. The molecular formula is C24H23N3O6S2. The molecular weight excluding hydrogens is 490 g/mol. The first-order valence-corrected chi connectivity index (χ1v) is 11.8. The van der Waals surface area contributed by atoms with Gasteiger partial charge in [-0.15, -0.1) is 11.3 Å². The van der Waals surface area contributed by atoms with Crippen molar-refractivity contribution in [3.05, 3.63) is 74.6 Å². The Bertz CT molecular complexity index is 1290. The van der Waals surface area contributed by atoms with Gasteiger partial charge in [0, 0.05) is 23.1 Å². The van der Waals surface area contributed by atoms with Crippen molar-refractivity contribution in [1.82, 2.24) is 5.32 Å². The smallest absolute Gasteiger partial charge is 0.341 e. The van der Waals surface area contributed by atoms with Crippen molar-refractivity contribution in [2.45, 2.75) is 20.8 Å². The quantitative estimate of drug-likeness (QED) is 0.187. The average Bonchev–Trinajstić information content (AvgIpc) is 3.23. The third kappa shape index (κ3) is 6.61. The Kier molecular flexibility index (Phi) is 8.50. The van der Waals surface area contributed by atoms with Gasteiger partial charge in [-0.3, -0.25) is 20.2 Å². The molecule has 11 heteroatoms. The number of rotatable bonds is 8. The Morgan fingerprint density at radius 1 is 1.17 bits per heavy atom. The van der Waals surface area contributed by atoms with Gasteiger partial charge in [-0.1, -0.05) is 24.3 Å². The Labute approximate surface area is 211 Å². The van der Waals surface area contributed by atoms with Gasteiger partial charge >= 0.3 is 5.97 Å². The fraction of sp³-hybridized carbons (Fsp3) is 0.208. The molecule has 0 saturated heterocycles. The number of amides is 1. The van der Waals surface area contributed by atoms with Crippen LogP contribution in [0.5, 0.6) is 5.75 Å². The summed E-state index contributed by atoms with van der Waals surface area (Å²) in [7, 11) is 0. The van der Waals surface area contributed by atoms with Crippen molar-refractivity contribution in [2.75, 3.05) is 18.5 Å². The largest absolute Gasteiger partial charge is 0.483 e. The van der Waals surface area contributed by atoms with Crippen LogP contribution >= 0.6 is 23.6 Å². The maximum atomic E-state index is 12.7. The highest BCUT2D eigenvalue weighted by atomic mass is 32.1. The lowest BCUT2D eigenvalue weighted by molar-refractivity contribution is -0.384. The number of thiocarbonyl (C=S) groups is 1. The highest BCUT2D eigenvalue weighted by molar-refractivity contribution is 7.80. The van der Waals surface area contributed by atoms with Gasteiger partial charge in [-0.2, -0.15) is 0 Å². The van der Waals surface area contributed by atoms with Crippen molar-refractivity contribution < 1.29 is 24.0 Å². The number of nitrogens with zero attached hydrogens (tertiary/aromatic N) is 1. The summed E-state index contributed by atoms with van der Waals surface area (Å²) in [5, 5.41) is 18.5. The lowest BCUT2D eigenvalue weighted by Gasteiger charge is -2.12. The number of ether oxygens (including phenoxy) is 2. The van der Waals surface area contributed by atoms with Crippen LogP contribution in [-0.4, -0.2) is 35.1 Å². The Hall–Kier alpha value is -3.83. The molecule has 0 aliphatic heterocycles. The molecule has 2 aromatic carbocycles. The summed E-state index contributed by atoms with van der Waals surface area (Å²) in [4.78, 5) is 35.7. The zero-order valence-corrected chi connectivity index (χ0v) is 20.9. The van der Waals surface area contributed by atoms with Gasteiger partial charge in [0.15, 0.2) is 11.7 Å². The highest BCUT2D eigenvalue weighted by Gasteiger charge is 2.23.